The second-order valence-electron chi connectivity index (χ2n) is 5.21. The van der Waals surface area contributed by atoms with E-state index in [0.717, 1.165) is 11.1 Å². The van der Waals surface area contributed by atoms with Gasteiger partial charge in [-0.05, 0) is 43.1 Å². The largest absolute Gasteiger partial charge is 0.487 e. The topological polar surface area (TPSA) is 64.4 Å². The zero-order valence-electron chi connectivity index (χ0n) is 13.2. The van der Waals surface area contributed by atoms with Crippen LogP contribution in [0.1, 0.15) is 24.0 Å². The predicted molar refractivity (Wildman–Crippen MR) is 96.1 cm³/mol. The molecular weight excluding hydrogens is 312 g/mol. The Bertz CT molecular complexity index is 618. The molecule has 0 spiro atoms. The summed E-state index contributed by atoms with van der Waals surface area (Å²) in [4.78, 5) is 11.9. The summed E-state index contributed by atoms with van der Waals surface area (Å²) in [6.45, 7) is 2.98. The van der Waals surface area contributed by atoms with Gasteiger partial charge >= 0.3 is 0 Å². The number of hydrogen-bond acceptors (Lipinski definition) is 3. The standard InChI is InChI=1S/C18H22N2O2.ClH/c1-14-9-10-16(20-18(21)8-5-11-19)17(12-14)22-13-15-6-3-2-4-7-15;/h2-4,6-7,9-10,12H,5,8,11,13,19H2,1H3,(H,20,21);1H. The minimum atomic E-state index is -0.0427. The molecule has 2 aromatic carbocycles. The molecule has 0 radical (unpaired) electrons. The summed E-state index contributed by atoms with van der Waals surface area (Å²) < 4.78 is 5.87. The molecule has 2 aromatic rings. The molecule has 1 amide bonds. The van der Waals surface area contributed by atoms with Crippen molar-refractivity contribution >= 4 is 24.0 Å². The van der Waals surface area contributed by atoms with E-state index in [0.29, 0.717) is 37.4 Å². The van der Waals surface area contributed by atoms with Crippen molar-refractivity contribution in [1.82, 2.24) is 0 Å². The maximum atomic E-state index is 11.9. The van der Waals surface area contributed by atoms with Crippen LogP contribution >= 0.6 is 12.4 Å². The van der Waals surface area contributed by atoms with Crippen LogP contribution in [0.3, 0.4) is 0 Å². The van der Waals surface area contributed by atoms with E-state index in [2.05, 4.69) is 5.32 Å². The van der Waals surface area contributed by atoms with E-state index < -0.39 is 0 Å². The molecule has 124 valence electrons. The van der Waals surface area contributed by atoms with Crippen LogP contribution in [0.2, 0.25) is 0 Å². The van der Waals surface area contributed by atoms with Gasteiger partial charge in [-0.25, -0.2) is 0 Å². The lowest BCUT2D eigenvalue weighted by Crippen LogP contribution is -2.14. The van der Waals surface area contributed by atoms with E-state index in [4.69, 9.17) is 10.5 Å². The lowest BCUT2D eigenvalue weighted by Gasteiger charge is -2.13. The average Bonchev–Trinajstić information content (AvgIpc) is 2.54. The number of nitrogens with two attached hydrogens (primary N) is 1. The highest BCUT2D eigenvalue weighted by atomic mass is 35.5. The normalized spacial score (nSPS) is 9.83. The van der Waals surface area contributed by atoms with Crippen molar-refractivity contribution in [2.24, 2.45) is 5.73 Å². The van der Waals surface area contributed by atoms with Crippen LogP contribution in [0, 0.1) is 6.92 Å². The van der Waals surface area contributed by atoms with Gasteiger partial charge in [0, 0.05) is 6.42 Å². The number of aryl methyl sites for hydroxylation is 1. The Balaban J connectivity index is 0.00000264. The predicted octanol–water partition coefficient (Wildman–Crippen LogP) is 3.67. The van der Waals surface area contributed by atoms with Gasteiger partial charge in [-0.3, -0.25) is 4.79 Å². The lowest BCUT2D eigenvalue weighted by atomic mass is 10.2. The van der Waals surface area contributed by atoms with Gasteiger partial charge in [-0.2, -0.15) is 0 Å². The van der Waals surface area contributed by atoms with Gasteiger partial charge in [-0.1, -0.05) is 36.4 Å². The first-order valence-electron chi connectivity index (χ1n) is 7.46. The Hall–Kier alpha value is -2.04. The summed E-state index contributed by atoms with van der Waals surface area (Å²) in [6.07, 6.45) is 1.10. The molecule has 0 aliphatic carbocycles. The number of carbonyl (C=O) groups excluding carboxylic acids is 1. The number of benzene rings is 2. The molecule has 0 atom stereocenters. The Kier molecular flexibility index (Phi) is 8.16. The smallest absolute Gasteiger partial charge is 0.224 e. The third-order valence-corrected chi connectivity index (χ3v) is 3.26. The molecule has 3 N–H and O–H groups in total. The summed E-state index contributed by atoms with van der Waals surface area (Å²) in [7, 11) is 0. The van der Waals surface area contributed by atoms with Crippen molar-refractivity contribution in [2.45, 2.75) is 26.4 Å². The lowest BCUT2D eigenvalue weighted by molar-refractivity contribution is -0.116. The molecule has 5 heteroatoms. The quantitative estimate of drug-likeness (QED) is 0.812. The molecule has 23 heavy (non-hydrogen) atoms. The fraction of sp³-hybridized carbons (Fsp3) is 0.278. The van der Waals surface area contributed by atoms with E-state index >= 15 is 0 Å². The monoisotopic (exact) mass is 334 g/mol. The van der Waals surface area contributed by atoms with E-state index in [9.17, 15) is 4.79 Å². The number of nitrogens with one attached hydrogen (secondary N) is 1. The van der Waals surface area contributed by atoms with Crippen molar-refractivity contribution in [3.8, 4) is 5.75 Å². The first-order valence-corrected chi connectivity index (χ1v) is 7.46. The Morgan fingerprint density at radius 2 is 1.91 bits per heavy atom. The highest BCUT2D eigenvalue weighted by Gasteiger charge is 2.08. The van der Waals surface area contributed by atoms with E-state index in [1.165, 1.54) is 0 Å². The minimum absolute atomic E-state index is 0. The molecule has 0 fully saturated rings. The number of ether oxygens (including phenoxy) is 1. The highest BCUT2D eigenvalue weighted by Crippen LogP contribution is 2.27. The van der Waals surface area contributed by atoms with Gasteiger partial charge in [0.1, 0.15) is 12.4 Å². The molecule has 0 bridgehead atoms. The first-order chi connectivity index (χ1) is 10.7. The van der Waals surface area contributed by atoms with Crippen LogP contribution in [-0.2, 0) is 11.4 Å². The van der Waals surface area contributed by atoms with Crippen molar-refractivity contribution in [3.05, 3.63) is 59.7 Å². The summed E-state index contributed by atoms with van der Waals surface area (Å²) in [5.41, 5.74) is 8.30. The molecule has 0 aromatic heterocycles. The summed E-state index contributed by atoms with van der Waals surface area (Å²) in [6, 6.07) is 15.7. The number of rotatable bonds is 7. The van der Waals surface area contributed by atoms with E-state index in [1.807, 2.05) is 55.5 Å². The number of halogens is 1. The van der Waals surface area contributed by atoms with Gasteiger partial charge < -0.3 is 15.8 Å². The number of anilines is 1. The van der Waals surface area contributed by atoms with Crippen molar-refractivity contribution in [2.75, 3.05) is 11.9 Å². The molecular formula is C18H23ClN2O2. The summed E-state index contributed by atoms with van der Waals surface area (Å²) in [5.74, 6) is 0.642. The van der Waals surface area contributed by atoms with Crippen LogP contribution in [-0.4, -0.2) is 12.5 Å². The second kappa shape index (κ2) is 9.87. The zero-order chi connectivity index (χ0) is 15.8. The van der Waals surface area contributed by atoms with Crippen molar-refractivity contribution in [3.63, 3.8) is 0 Å². The van der Waals surface area contributed by atoms with Crippen LogP contribution in [0.5, 0.6) is 5.75 Å². The van der Waals surface area contributed by atoms with Gasteiger partial charge in [0.25, 0.3) is 0 Å². The second-order valence-corrected chi connectivity index (χ2v) is 5.21. The molecule has 4 nitrogen and oxygen atoms in total. The average molecular weight is 335 g/mol. The third kappa shape index (κ3) is 6.30. The van der Waals surface area contributed by atoms with Crippen molar-refractivity contribution < 1.29 is 9.53 Å². The Morgan fingerprint density at radius 1 is 1.17 bits per heavy atom. The molecule has 0 heterocycles. The summed E-state index contributed by atoms with van der Waals surface area (Å²) >= 11 is 0. The van der Waals surface area contributed by atoms with Gasteiger partial charge in [0.05, 0.1) is 5.69 Å². The number of amides is 1. The maximum absolute atomic E-state index is 11.9. The fourth-order valence-electron chi connectivity index (χ4n) is 2.06. The van der Waals surface area contributed by atoms with Gasteiger partial charge in [-0.15, -0.1) is 12.4 Å². The molecule has 0 aliphatic heterocycles. The molecule has 2 rings (SSSR count). The first kappa shape index (κ1) is 19.0. The number of carbonyl (C=O) groups is 1. The Morgan fingerprint density at radius 3 is 2.61 bits per heavy atom. The van der Waals surface area contributed by atoms with E-state index in [1.54, 1.807) is 0 Å². The molecule has 0 unspecified atom stereocenters. The molecule has 0 aliphatic rings. The van der Waals surface area contributed by atoms with Gasteiger partial charge in [0.15, 0.2) is 0 Å². The van der Waals surface area contributed by atoms with Crippen LogP contribution in [0.25, 0.3) is 0 Å². The fourth-order valence-corrected chi connectivity index (χ4v) is 2.06. The SMILES string of the molecule is Cc1ccc(NC(=O)CCCN)c(OCc2ccccc2)c1.Cl. The molecule has 0 saturated carbocycles. The summed E-state index contributed by atoms with van der Waals surface area (Å²) in [5, 5.41) is 2.89. The van der Waals surface area contributed by atoms with Crippen molar-refractivity contribution in [1.29, 1.82) is 0 Å². The van der Waals surface area contributed by atoms with Crippen LogP contribution < -0.4 is 15.8 Å². The number of hydrogen-bond donors (Lipinski definition) is 2. The Labute approximate surface area is 143 Å². The van der Waals surface area contributed by atoms with Crippen LogP contribution in [0.4, 0.5) is 5.69 Å². The zero-order valence-corrected chi connectivity index (χ0v) is 14.1. The maximum Gasteiger partial charge on any atom is 0.224 e. The third-order valence-electron chi connectivity index (χ3n) is 3.26. The molecule has 0 saturated heterocycles. The minimum Gasteiger partial charge on any atom is -0.487 e. The van der Waals surface area contributed by atoms with Crippen LogP contribution in [0.15, 0.2) is 48.5 Å². The van der Waals surface area contributed by atoms with Gasteiger partial charge in [0.2, 0.25) is 5.91 Å². The highest BCUT2D eigenvalue weighted by molar-refractivity contribution is 5.92. The van der Waals surface area contributed by atoms with E-state index in [-0.39, 0.29) is 18.3 Å².